The second kappa shape index (κ2) is 8.31. The lowest BCUT2D eigenvalue weighted by Gasteiger charge is -2.36. The van der Waals surface area contributed by atoms with Gasteiger partial charge >= 0.3 is 6.03 Å². The Bertz CT molecular complexity index is 1270. The zero-order valence-corrected chi connectivity index (χ0v) is 19.8. The minimum absolute atomic E-state index is 0.0820. The molecule has 2 aliphatic heterocycles. The maximum absolute atomic E-state index is 13.7. The van der Waals surface area contributed by atoms with Gasteiger partial charge in [-0.15, -0.1) is 0 Å². The van der Waals surface area contributed by atoms with Gasteiger partial charge < -0.3 is 15.2 Å². The molecule has 3 unspecified atom stereocenters. The lowest BCUT2D eigenvalue weighted by atomic mass is 9.87. The van der Waals surface area contributed by atoms with Crippen molar-refractivity contribution in [3.05, 3.63) is 71.4 Å². The Morgan fingerprint density at radius 3 is 2.56 bits per heavy atom. The van der Waals surface area contributed by atoms with E-state index in [4.69, 9.17) is 0 Å². The molecule has 7 nitrogen and oxygen atoms in total. The number of amides is 4. The predicted octanol–water partition coefficient (Wildman–Crippen LogP) is 3.73. The van der Waals surface area contributed by atoms with Crippen molar-refractivity contribution in [2.45, 2.75) is 57.7 Å². The molecule has 2 aromatic carbocycles. The summed E-state index contributed by atoms with van der Waals surface area (Å²) in [5.41, 5.74) is 2.85. The number of carbonyl (C=O) groups is 3. The van der Waals surface area contributed by atoms with E-state index in [9.17, 15) is 14.4 Å². The van der Waals surface area contributed by atoms with Gasteiger partial charge in [-0.05, 0) is 57.2 Å². The number of urea groups is 1. The number of fused-ring (bicyclic) bond motifs is 5. The van der Waals surface area contributed by atoms with Crippen LogP contribution in [0.4, 0.5) is 4.79 Å². The summed E-state index contributed by atoms with van der Waals surface area (Å²) in [6.45, 7) is 5.80. The number of para-hydroxylation sites is 1. The number of aromatic amines is 1. The fourth-order valence-corrected chi connectivity index (χ4v) is 5.34. The number of aromatic nitrogens is 1. The molecule has 4 amide bonds. The molecule has 7 heteroatoms. The topological polar surface area (TPSA) is 85.5 Å². The van der Waals surface area contributed by atoms with Gasteiger partial charge in [0.1, 0.15) is 6.04 Å². The fourth-order valence-electron chi connectivity index (χ4n) is 5.34. The van der Waals surface area contributed by atoms with Crippen molar-refractivity contribution in [3.8, 4) is 0 Å². The molecule has 0 spiro atoms. The zero-order chi connectivity index (χ0) is 24.0. The summed E-state index contributed by atoms with van der Waals surface area (Å²) in [5.74, 6) is -0.674. The van der Waals surface area contributed by atoms with Crippen LogP contribution in [-0.4, -0.2) is 51.3 Å². The van der Waals surface area contributed by atoms with Crippen molar-refractivity contribution < 1.29 is 14.4 Å². The normalized spacial score (nSPS) is 21.4. The summed E-state index contributed by atoms with van der Waals surface area (Å²) in [6.07, 6.45) is 2.28. The Morgan fingerprint density at radius 1 is 1.09 bits per heavy atom. The smallest absolute Gasteiger partial charge is 0.328 e. The maximum Gasteiger partial charge on any atom is 0.328 e. The first-order valence-electron chi connectivity index (χ1n) is 11.9. The molecular formula is C27H30N4O3. The van der Waals surface area contributed by atoms with E-state index >= 15 is 0 Å². The van der Waals surface area contributed by atoms with E-state index in [1.54, 1.807) is 18.7 Å². The first-order valence-corrected chi connectivity index (χ1v) is 11.9. The molecule has 5 rings (SSSR count). The molecule has 0 bridgehead atoms. The number of H-pyrrole nitrogens is 1. The Kier molecular flexibility index (Phi) is 5.42. The molecule has 0 saturated carbocycles. The lowest BCUT2D eigenvalue weighted by molar-refractivity contribution is -0.139. The summed E-state index contributed by atoms with van der Waals surface area (Å²) < 4.78 is 0. The van der Waals surface area contributed by atoms with Gasteiger partial charge in [-0.2, -0.15) is 0 Å². The van der Waals surface area contributed by atoms with Crippen LogP contribution in [0.15, 0.2) is 54.6 Å². The van der Waals surface area contributed by atoms with E-state index in [1.807, 2.05) is 49.4 Å². The molecule has 2 aliphatic rings. The number of hydrogen-bond donors (Lipinski definition) is 2. The van der Waals surface area contributed by atoms with Gasteiger partial charge in [-0.25, -0.2) is 9.69 Å². The number of nitrogens with zero attached hydrogens (tertiary/aromatic N) is 2. The number of nitrogens with one attached hydrogen (secondary N) is 2. The average molecular weight is 459 g/mol. The highest BCUT2D eigenvalue weighted by molar-refractivity contribution is 6.10. The summed E-state index contributed by atoms with van der Waals surface area (Å²) in [5, 5.41) is 4.07. The van der Waals surface area contributed by atoms with Crippen LogP contribution in [0.5, 0.6) is 0 Å². The van der Waals surface area contributed by atoms with Crippen LogP contribution in [0.1, 0.15) is 44.0 Å². The molecule has 2 N–H and O–H groups in total. The van der Waals surface area contributed by atoms with E-state index in [0.29, 0.717) is 13.0 Å². The highest BCUT2D eigenvalue weighted by Gasteiger charge is 2.60. The maximum atomic E-state index is 13.7. The highest BCUT2D eigenvalue weighted by Crippen LogP contribution is 2.44. The number of aryl methyl sites for hydroxylation is 1. The third kappa shape index (κ3) is 3.38. The fraction of sp³-hybridized carbons (Fsp3) is 0.370. The van der Waals surface area contributed by atoms with Crippen LogP contribution in [-0.2, 0) is 28.0 Å². The largest absolute Gasteiger partial charge is 0.356 e. The van der Waals surface area contributed by atoms with Gasteiger partial charge in [0.15, 0.2) is 5.54 Å². The van der Waals surface area contributed by atoms with E-state index in [1.165, 1.54) is 5.56 Å². The summed E-state index contributed by atoms with van der Waals surface area (Å²) in [4.78, 5) is 46.3. The van der Waals surface area contributed by atoms with E-state index in [0.717, 1.165) is 39.9 Å². The Hall–Kier alpha value is -3.61. The number of hydrogen-bond acceptors (Lipinski definition) is 3. The van der Waals surface area contributed by atoms with Gasteiger partial charge in [0.05, 0.1) is 5.69 Å². The average Bonchev–Trinajstić information content (AvgIpc) is 3.31. The molecule has 0 radical (unpaired) electrons. The van der Waals surface area contributed by atoms with Crippen LogP contribution in [0, 0.1) is 0 Å². The first-order chi connectivity index (χ1) is 16.3. The van der Waals surface area contributed by atoms with Crippen molar-refractivity contribution in [2.75, 3.05) is 6.54 Å². The third-order valence-corrected chi connectivity index (χ3v) is 7.36. The lowest BCUT2D eigenvalue weighted by Crippen LogP contribution is -2.51. The summed E-state index contributed by atoms with van der Waals surface area (Å²) >= 11 is 0. The van der Waals surface area contributed by atoms with Crippen LogP contribution >= 0.6 is 0 Å². The van der Waals surface area contributed by atoms with Crippen molar-refractivity contribution in [3.63, 3.8) is 0 Å². The van der Waals surface area contributed by atoms with E-state index in [-0.39, 0.29) is 17.9 Å². The number of imide groups is 1. The van der Waals surface area contributed by atoms with Gasteiger partial charge in [0, 0.05) is 23.5 Å². The van der Waals surface area contributed by atoms with Gasteiger partial charge in [0.2, 0.25) is 5.91 Å². The molecule has 34 heavy (non-hydrogen) atoms. The molecule has 3 atom stereocenters. The number of benzene rings is 2. The van der Waals surface area contributed by atoms with Gasteiger partial charge in [-0.1, -0.05) is 48.5 Å². The first kappa shape index (κ1) is 22.2. The van der Waals surface area contributed by atoms with Crippen molar-refractivity contribution in [1.82, 2.24) is 20.1 Å². The van der Waals surface area contributed by atoms with E-state index < -0.39 is 17.6 Å². The van der Waals surface area contributed by atoms with Gasteiger partial charge in [-0.3, -0.25) is 9.59 Å². The van der Waals surface area contributed by atoms with Gasteiger partial charge in [0.25, 0.3) is 5.91 Å². The molecular weight excluding hydrogens is 428 g/mol. The van der Waals surface area contributed by atoms with Crippen LogP contribution < -0.4 is 5.32 Å². The minimum atomic E-state index is -1.14. The monoisotopic (exact) mass is 458 g/mol. The molecule has 176 valence electrons. The number of carbonyl (C=O) groups excluding carboxylic acids is 3. The van der Waals surface area contributed by atoms with Crippen LogP contribution in [0.3, 0.4) is 0 Å². The minimum Gasteiger partial charge on any atom is -0.356 e. The van der Waals surface area contributed by atoms with Crippen molar-refractivity contribution in [2.24, 2.45) is 0 Å². The second-order valence-corrected chi connectivity index (χ2v) is 9.57. The quantitative estimate of drug-likeness (QED) is 0.552. The molecule has 1 saturated heterocycles. The molecule has 1 aromatic heterocycles. The molecule has 0 aliphatic carbocycles. The Morgan fingerprint density at radius 2 is 1.79 bits per heavy atom. The number of rotatable bonds is 6. The third-order valence-electron chi connectivity index (χ3n) is 7.36. The zero-order valence-electron chi connectivity index (χ0n) is 19.8. The van der Waals surface area contributed by atoms with Crippen molar-refractivity contribution in [1.29, 1.82) is 0 Å². The summed E-state index contributed by atoms with van der Waals surface area (Å²) in [7, 11) is 0. The van der Waals surface area contributed by atoms with Crippen LogP contribution in [0.2, 0.25) is 0 Å². The predicted molar refractivity (Wildman–Crippen MR) is 130 cm³/mol. The standard InChI is InChI=1S/C27H30N4O3/c1-17(13-14-19-9-5-4-6-10-19)28-24(32)18(2)31-25(33)27(3)23-21(15-16-30(27)26(31)34)20-11-7-8-12-22(20)29-23/h4-12,17-18,29H,13-16H2,1-3H3,(H,28,32). The molecule has 3 aromatic rings. The molecule has 3 heterocycles. The van der Waals surface area contributed by atoms with Crippen molar-refractivity contribution >= 4 is 28.7 Å². The SMILES string of the molecule is CC(CCc1ccccc1)NC(=O)C(C)N1C(=O)N2CCc3c([nH]c4ccccc34)C2(C)C1=O. The molecule has 1 fully saturated rings. The van der Waals surface area contributed by atoms with Crippen LogP contribution in [0.25, 0.3) is 10.9 Å². The Balaban J connectivity index is 1.34. The summed E-state index contributed by atoms with van der Waals surface area (Å²) in [6, 6.07) is 16.7. The van der Waals surface area contributed by atoms with E-state index in [2.05, 4.69) is 22.4 Å². The Labute approximate surface area is 199 Å². The highest BCUT2D eigenvalue weighted by atomic mass is 16.2. The second-order valence-electron chi connectivity index (χ2n) is 9.57.